The van der Waals surface area contributed by atoms with Crippen molar-refractivity contribution in [3.05, 3.63) is 35.4 Å². The molecule has 0 fully saturated rings. The summed E-state index contributed by atoms with van der Waals surface area (Å²) >= 11 is 1.43. The fraction of sp³-hybridized carbons (Fsp3) is 0.500. The van der Waals surface area contributed by atoms with Crippen LogP contribution in [-0.4, -0.2) is 10.4 Å². The zero-order valence-corrected chi connectivity index (χ0v) is 11.3. The van der Waals surface area contributed by atoms with Gasteiger partial charge in [-0.1, -0.05) is 63.7 Å². The Morgan fingerprint density at radius 1 is 1.19 bits per heavy atom. The topological polar surface area (TPSA) is 17.1 Å². The molecule has 0 atom stereocenters. The molecule has 0 amide bonds. The molecular weight excluding hydrogens is 216 g/mol. The predicted molar refractivity (Wildman–Crippen MR) is 72.0 cm³/mol. The third-order valence-electron chi connectivity index (χ3n) is 2.38. The number of benzene rings is 1. The first-order valence-corrected chi connectivity index (χ1v) is 6.66. The Hall–Kier alpha value is -0.760. The number of rotatable bonds is 4. The molecule has 1 rings (SSSR count). The normalized spacial score (nSPS) is 11.1. The van der Waals surface area contributed by atoms with Gasteiger partial charge in [-0.15, -0.1) is 0 Å². The summed E-state index contributed by atoms with van der Waals surface area (Å²) in [5.41, 5.74) is 2.47. The van der Waals surface area contributed by atoms with Gasteiger partial charge in [0, 0.05) is 11.7 Å². The summed E-state index contributed by atoms with van der Waals surface area (Å²) in [6.07, 6.45) is 0.553. The van der Waals surface area contributed by atoms with Gasteiger partial charge < -0.3 is 0 Å². The van der Waals surface area contributed by atoms with E-state index < -0.39 is 0 Å². The minimum absolute atomic E-state index is 0.267. The Kier molecular flexibility index (Phi) is 5.07. The Morgan fingerprint density at radius 2 is 1.81 bits per heavy atom. The van der Waals surface area contributed by atoms with E-state index in [-0.39, 0.29) is 5.12 Å². The van der Waals surface area contributed by atoms with Crippen molar-refractivity contribution in [2.45, 2.75) is 45.3 Å². The molecule has 0 N–H and O–H groups in total. The third kappa shape index (κ3) is 4.01. The first-order valence-electron chi connectivity index (χ1n) is 5.78. The molecule has 1 aromatic carbocycles. The molecule has 0 aliphatic carbocycles. The van der Waals surface area contributed by atoms with Gasteiger partial charge in [0.1, 0.15) is 0 Å². The maximum absolute atomic E-state index is 11.8. The lowest BCUT2D eigenvalue weighted by Gasteiger charge is -2.12. The molecule has 0 aliphatic heterocycles. The van der Waals surface area contributed by atoms with E-state index in [1.807, 2.05) is 12.1 Å². The highest BCUT2D eigenvalue weighted by atomic mass is 32.2. The summed E-state index contributed by atoms with van der Waals surface area (Å²) in [5.74, 6) is 0.480. The van der Waals surface area contributed by atoms with Gasteiger partial charge in [0.2, 0.25) is 0 Å². The second-order valence-corrected chi connectivity index (χ2v) is 6.20. The predicted octanol–water partition coefficient (Wildman–Crippen LogP) is 4.02. The summed E-state index contributed by atoms with van der Waals surface area (Å²) in [6, 6.07) is 8.23. The molecule has 0 spiro atoms. The van der Waals surface area contributed by atoms with Crippen LogP contribution in [0.1, 0.15) is 44.7 Å². The lowest BCUT2D eigenvalue weighted by atomic mass is 9.96. The summed E-state index contributed by atoms with van der Waals surface area (Å²) in [6.45, 7) is 8.44. The lowest BCUT2D eigenvalue weighted by Crippen LogP contribution is -2.05. The molecule has 0 bridgehead atoms. The van der Waals surface area contributed by atoms with E-state index in [0.29, 0.717) is 17.6 Å². The average molecular weight is 236 g/mol. The van der Waals surface area contributed by atoms with E-state index in [2.05, 4.69) is 39.8 Å². The Balaban J connectivity index is 2.77. The van der Waals surface area contributed by atoms with Gasteiger partial charge in [0.25, 0.3) is 0 Å². The number of carbonyl (C=O) groups is 1. The molecule has 0 unspecified atom stereocenters. The maximum atomic E-state index is 11.8. The van der Waals surface area contributed by atoms with E-state index in [1.54, 1.807) is 0 Å². The molecule has 0 saturated carbocycles. The van der Waals surface area contributed by atoms with E-state index in [0.717, 1.165) is 0 Å². The van der Waals surface area contributed by atoms with Crippen molar-refractivity contribution in [1.29, 1.82) is 0 Å². The van der Waals surface area contributed by atoms with E-state index in [1.165, 1.54) is 22.9 Å². The molecule has 88 valence electrons. The minimum atomic E-state index is 0.267. The first kappa shape index (κ1) is 13.3. The quantitative estimate of drug-likeness (QED) is 0.785. The van der Waals surface area contributed by atoms with Crippen LogP contribution in [0.3, 0.4) is 0 Å². The highest BCUT2D eigenvalue weighted by Gasteiger charge is 2.11. The van der Waals surface area contributed by atoms with Crippen LogP contribution in [0.2, 0.25) is 0 Å². The van der Waals surface area contributed by atoms with Crippen molar-refractivity contribution in [3.8, 4) is 0 Å². The van der Waals surface area contributed by atoms with Crippen LogP contribution in [0.25, 0.3) is 0 Å². The van der Waals surface area contributed by atoms with Gasteiger partial charge in [0.05, 0.1) is 0 Å². The van der Waals surface area contributed by atoms with Crippen LogP contribution in [0.15, 0.2) is 24.3 Å². The highest BCUT2D eigenvalue weighted by Crippen LogP contribution is 2.22. The molecule has 0 heterocycles. The Morgan fingerprint density at radius 3 is 2.38 bits per heavy atom. The van der Waals surface area contributed by atoms with Gasteiger partial charge in [0.15, 0.2) is 5.12 Å². The second-order valence-electron chi connectivity index (χ2n) is 4.57. The first-order chi connectivity index (χ1) is 7.50. The van der Waals surface area contributed by atoms with Crippen molar-refractivity contribution in [2.75, 3.05) is 0 Å². The van der Waals surface area contributed by atoms with E-state index in [4.69, 9.17) is 0 Å². The number of hydrogen-bond donors (Lipinski definition) is 0. The van der Waals surface area contributed by atoms with Gasteiger partial charge in [-0.25, -0.2) is 0 Å². The van der Waals surface area contributed by atoms with Crippen LogP contribution >= 0.6 is 11.8 Å². The van der Waals surface area contributed by atoms with Crippen molar-refractivity contribution >= 4 is 16.9 Å². The Bertz CT molecular complexity index is 356. The fourth-order valence-electron chi connectivity index (χ4n) is 1.72. The summed E-state index contributed by atoms with van der Waals surface area (Å²) in [5, 5.41) is 0.641. The van der Waals surface area contributed by atoms with Crippen molar-refractivity contribution in [1.82, 2.24) is 0 Å². The summed E-state index contributed by atoms with van der Waals surface area (Å²) < 4.78 is 0. The van der Waals surface area contributed by atoms with Crippen LogP contribution in [0, 0.1) is 0 Å². The molecule has 0 radical (unpaired) electrons. The minimum Gasteiger partial charge on any atom is -0.287 e. The standard InChI is InChI=1S/C14H20OS/c1-10(2)13-8-6-5-7-12(13)9-14(15)16-11(3)4/h5-8,10-11H,9H2,1-4H3. The van der Waals surface area contributed by atoms with Gasteiger partial charge in [-0.2, -0.15) is 0 Å². The lowest BCUT2D eigenvalue weighted by molar-refractivity contribution is -0.110. The zero-order chi connectivity index (χ0) is 12.1. The van der Waals surface area contributed by atoms with E-state index >= 15 is 0 Å². The largest absolute Gasteiger partial charge is 0.287 e. The molecule has 0 aromatic heterocycles. The molecule has 1 aromatic rings. The van der Waals surface area contributed by atoms with E-state index in [9.17, 15) is 4.79 Å². The van der Waals surface area contributed by atoms with Crippen LogP contribution in [-0.2, 0) is 11.2 Å². The fourth-order valence-corrected chi connectivity index (χ4v) is 2.48. The molecule has 16 heavy (non-hydrogen) atoms. The summed E-state index contributed by atoms with van der Waals surface area (Å²) in [7, 11) is 0. The Labute approximate surface area is 103 Å². The molecule has 0 saturated heterocycles. The van der Waals surface area contributed by atoms with Crippen molar-refractivity contribution in [3.63, 3.8) is 0 Å². The molecule has 1 nitrogen and oxygen atoms in total. The van der Waals surface area contributed by atoms with Crippen LogP contribution in [0.5, 0.6) is 0 Å². The maximum Gasteiger partial charge on any atom is 0.193 e. The SMILES string of the molecule is CC(C)SC(=O)Cc1ccccc1C(C)C. The summed E-state index contributed by atoms with van der Waals surface area (Å²) in [4.78, 5) is 11.8. The number of thioether (sulfide) groups is 1. The average Bonchev–Trinajstić information content (AvgIpc) is 2.16. The number of hydrogen-bond acceptors (Lipinski definition) is 2. The molecular formula is C14H20OS. The number of carbonyl (C=O) groups excluding carboxylic acids is 1. The van der Waals surface area contributed by atoms with Crippen LogP contribution in [0.4, 0.5) is 0 Å². The zero-order valence-electron chi connectivity index (χ0n) is 10.5. The highest BCUT2D eigenvalue weighted by molar-refractivity contribution is 8.14. The second kappa shape index (κ2) is 6.09. The monoisotopic (exact) mass is 236 g/mol. The molecule has 0 aliphatic rings. The van der Waals surface area contributed by atoms with Crippen LogP contribution < -0.4 is 0 Å². The van der Waals surface area contributed by atoms with Gasteiger partial charge in [-0.3, -0.25) is 4.79 Å². The van der Waals surface area contributed by atoms with Crippen molar-refractivity contribution in [2.24, 2.45) is 0 Å². The third-order valence-corrected chi connectivity index (χ3v) is 3.26. The smallest absolute Gasteiger partial charge is 0.193 e. The van der Waals surface area contributed by atoms with Gasteiger partial charge in [-0.05, 0) is 17.0 Å². The van der Waals surface area contributed by atoms with Gasteiger partial charge >= 0.3 is 0 Å². The van der Waals surface area contributed by atoms with Crippen molar-refractivity contribution < 1.29 is 4.79 Å². The molecule has 2 heteroatoms.